The standard InChI is InChI=1S/C18H30O/c1-4-6-10-16(5-2)14-18(19)13-12-17-11-8-7-9-15(17)3/h7-9,11,16,18-19H,4-6,10,12-14H2,1-3H3. The van der Waals surface area contributed by atoms with Gasteiger partial charge in [-0.05, 0) is 43.2 Å². The highest BCUT2D eigenvalue weighted by molar-refractivity contribution is 5.25. The minimum absolute atomic E-state index is 0.138. The van der Waals surface area contributed by atoms with Crippen molar-refractivity contribution in [2.45, 2.75) is 71.8 Å². The zero-order valence-electron chi connectivity index (χ0n) is 12.9. The van der Waals surface area contributed by atoms with Crippen LogP contribution < -0.4 is 0 Å². The zero-order chi connectivity index (χ0) is 14.1. The Kier molecular flexibility index (Phi) is 7.81. The highest BCUT2D eigenvalue weighted by Gasteiger charge is 2.13. The topological polar surface area (TPSA) is 20.2 Å². The van der Waals surface area contributed by atoms with Gasteiger partial charge < -0.3 is 5.11 Å². The molecule has 0 spiro atoms. The van der Waals surface area contributed by atoms with Crippen LogP contribution in [-0.4, -0.2) is 11.2 Å². The SMILES string of the molecule is CCCCC(CC)CC(O)CCc1ccccc1C. The summed E-state index contributed by atoms with van der Waals surface area (Å²) in [5, 5.41) is 10.2. The van der Waals surface area contributed by atoms with Crippen LogP contribution in [0.1, 0.15) is 63.5 Å². The van der Waals surface area contributed by atoms with E-state index in [9.17, 15) is 5.11 Å². The summed E-state index contributed by atoms with van der Waals surface area (Å²) < 4.78 is 0. The lowest BCUT2D eigenvalue weighted by Crippen LogP contribution is -2.14. The molecule has 1 aromatic carbocycles. The average molecular weight is 262 g/mol. The lowest BCUT2D eigenvalue weighted by Gasteiger charge is -2.19. The molecule has 0 fully saturated rings. The van der Waals surface area contributed by atoms with Crippen LogP contribution in [0.3, 0.4) is 0 Å². The Morgan fingerprint density at radius 3 is 2.47 bits per heavy atom. The second-order valence-corrected chi connectivity index (χ2v) is 5.77. The van der Waals surface area contributed by atoms with Crippen molar-refractivity contribution in [3.8, 4) is 0 Å². The van der Waals surface area contributed by atoms with E-state index in [0.29, 0.717) is 5.92 Å². The van der Waals surface area contributed by atoms with Gasteiger partial charge in [0.15, 0.2) is 0 Å². The van der Waals surface area contributed by atoms with Crippen molar-refractivity contribution >= 4 is 0 Å². The molecule has 2 unspecified atom stereocenters. The summed E-state index contributed by atoms with van der Waals surface area (Å²) in [4.78, 5) is 0. The molecule has 0 aliphatic heterocycles. The van der Waals surface area contributed by atoms with Crippen LogP contribution in [0, 0.1) is 12.8 Å². The summed E-state index contributed by atoms with van der Waals surface area (Å²) in [6, 6.07) is 8.49. The second kappa shape index (κ2) is 9.14. The number of benzene rings is 1. The molecule has 108 valence electrons. The molecule has 0 aliphatic rings. The second-order valence-electron chi connectivity index (χ2n) is 5.77. The molecule has 0 aliphatic carbocycles. The van der Waals surface area contributed by atoms with Gasteiger partial charge in [0.25, 0.3) is 0 Å². The van der Waals surface area contributed by atoms with Crippen LogP contribution in [0.5, 0.6) is 0 Å². The first-order chi connectivity index (χ1) is 9.17. The molecular weight excluding hydrogens is 232 g/mol. The van der Waals surface area contributed by atoms with Crippen LogP contribution in [0.25, 0.3) is 0 Å². The van der Waals surface area contributed by atoms with Gasteiger partial charge in [-0.3, -0.25) is 0 Å². The maximum absolute atomic E-state index is 10.2. The molecule has 0 saturated heterocycles. The lowest BCUT2D eigenvalue weighted by molar-refractivity contribution is 0.129. The molecule has 2 atom stereocenters. The van der Waals surface area contributed by atoms with Crippen molar-refractivity contribution in [2.75, 3.05) is 0 Å². The third kappa shape index (κ3) is 6.24. The number of rotatable bonds is 9. The smallest absolute Gasteiger partial charge is 0.0546 e. The van der Waals surface area contributed by atoms with E-state index in [1.807, 2.05) is 0 Å². The van der Waals surface area contributed by atoms with Crippen molar-refractivity contribution < 1.29 is 5.11 Å². The minimum atomic E-state index is -0.138. The van der Waals surface area contributed by atoms with E-state index in [-0.39, 0.29) is 6.10 Å². The maximum Gasteiger partial charge on any atom is 0.0546 e. The molecule has 0 amide bonds. The predicted octanol–water partition coefficient (Wildman–Crippen LogP) is 4.90. The molecule has 1 rings (SSSR count). The number of aliphatic hydroxyl groups is 1. The van der Waals surface area contributed by atoms with Crippen LogP contribution in [-0.2, 0) is 6.42 Å². The summed E-state index contributed by atoms with van der Waals surface area (Å²) in [6.45, 7) is 6.63. The minimum Gasteiger partial charge on any atom is -0.393 e. The van der Waals surface area contributed by atoms with Crippen molar-refractivity contribution in [1.29, 1.82) is 0 Å². The first-order valence-corrected chi connectivity index (χ1v) is 7.89. The Hall–Kier alpha value is -0.820. The maximum atomic E-state index is 10.2. The molecule has 0 aromatic heterocycles. The molecule has 1 heteroatoms. The highest BCUT2D eigenvalue weighted by atomic mass is 16.3. The predicted molar refractivity (Wildman–Crippen MR) is 83.4 cm³/mol. The van der Waals surface area contributed by atoms with Crippen molar-refractivity contribution in [1.82, 2.24) is 0 Å². The molecule has 0 heterocycles. The largest absolute Gasteiger partial charge is 0.393 e. The molecule has 1 aromatic rings. The van der Waals surface area contributed by atoms with Crippen LogP contribution in [0.2, 0.25) is 0 Å². The van der Waals surface area contributed by atoms with Gasteiger partial charge in [0, 0.05) is 0 Å². The van der Waals surface area contributed by atoms with Gasteiger partial charge in [-0.1, -0.05) is 63.8 Å². The Morgan fingerprint density at radius 1 is 1.11 bits per heavy atom. The Balaban J connectivity index is 2.34. The van der Waals surface area contributed by atoms with Crippen molar-refractivity contribution in [2.24, 2.45) is 5.92 Å². The van der Waals surface area contributed by atoms with E-state index >= 15 is 0 Å². The summed E-state index contributed by atoms with van der Waals surface area (Å²) >= 11 is 0. The third-order valence-corrected chi connectivity index (χ3v) is 4.16. The fourth-order valence-corrected chi connectivity index (χ4v) is 2.70. The molecule has 19 heavy (non-hydrogen) atoms. The number of aliphatic hydroxyl groups excluding tert-OH is 1. The van der Waals surface area contributed by atoms with E-state index in [0.717, 1.165) is 19.3 Å². The molecule has 0 bridgehead atoms. The lowest BCUT2D eigenvalue weighted by atomic mass is 9.91. The normalized spacial score (nSPS) is 14.3. The first kappa shape index (κ1) is 16.2. The van der Waals surface area contributed by atoms with Gasteiger partial charge in [-0.2, -0.15) is 0 Å². The molecule has 0 radical (unpaired) electrons. The van der Waals surface area contributed by atoms with Crippen LogP contribution in [0.15, 0.2) is 24.3 Å². The van der Waals surface area contributed by atoms with E-state index in [2.05, 4.69) is 45.0 Å². The monoisotopic (exact) mass is 262 g/mol. The van der Waals surface area contributed by atoms with E-state index < -0.39 is 0 Å². The van der Waals surface area contributed by atoms with E-state index in [1.165, 1.54) is 36.8 Å². The fraction of sp³-hybridized carbons (Fsp3) is 0.667. The third-order valence-electron chi connectivity index (χ3n) is 4.16. The zero-order valence-corrected chi connectivity index (χ0v) is 12.9. The highest BCUT2D eigenvalue weighted by Crippen LogP contribution is 2.21. The number of hydrogen-bond donors (Lipinski definition) is 1. The van der Waals surface area contributed by atoms with E-state index in [4.69, 9.17) is 0 Å². The molecule has 1 nitrogen and oxygen atoms in total. The summed E-state index contributed by atoms with van der Waals surface area (Å²) in [6.07, 6.45) is 7.75. The average Bonchev–Trinajstić information content (AvgIpc) is 2.42. The molecule has 1 N–H and O–H groups in total. The fourth-order valence-electron chi connectivity index (χ4n) is 2.70. The Bertz CT molecular complexity index is 345. The van der Waals surface area contributed by atoms with Gasteiger partial charge in [0.1, 0.15) is 0 Å². The molecular formula is C18H30O. The van der Waals surface area contributed by atoms with Gasteiger partial charge in [0.05, 0.1) is 6.10 Å². The summed E-state index contributed by atoms with van der Waals surface area (Å²) in [5.74, 6) is 0.701. The van der Waals surface area contributed by atoms with Crippen LogP contribution in [0.4, 0.5) is 0 Å². The quantitative estimate of drug-likeness (QED) is 0.671. The summed E-state index contributed by atoms with van der Waals surface area (Å²) in [7, 11) is 0. The van der Waals surface area contributed by atoms with Gasteiger partial charge in [-0.25, -0.2) is 0 Å². The van der Waals surface area contributed by atoms with Gasteiger partial charge in [0.2, 0.25) is 0 Å². The number of aryl methyl sites for hydroxylation is 2. The van der Waals surface area contributed by atoms with Gasteiger partial charge >= 0.3 is 0 Å². The Labute approximate surface area is 119 Å². The number of unbranched alkanes of at least 4 members (excludes halogenated alkanes) is 1. The van der Waals surface area contributed by atoms with Crippen molar-refractivity contribution in [3.63, 3.8) is 0 Å². The van der Waals surface area contributed by atoms with E-state index in [1.54, 1.807) is 0 Å². The van der Waals surface area contributed by atoms with Gasteiger partial charge in [-0.15, -0.1) is 0 Å². The first-order valence-electron chi connectivity index (χ1n) is 7.89. The number of hydrogen-bond acceptors (Lipinski definition) is 1. The Morgan fingerprint density at radius 2 is 1.84 bits per heavy atom. The van der Waals surface area contributed by atoms with Crippen LogP contribution >= 0.6 is 0 Å². The summed E-state index contributed by atoms with van der Waals surface area (Å²) in [5.41, 5.74) is 2.72. The van der Waals surface area contributed by atoms with Crippen molar-refractivity contribution in [3.05, 3.63) is 35.4 Å². The molecule has 0 saturated carbocycles.